The van der Waals surface area contributed by atoms with Crippen molar-refractivity contribution in [2.75, 3.05) is 19.8 Å². The Morgan fingerprint density at radius 3 is 3.12 bits per heavy atom. The van der Waals surface area contributed by atoms with Crippen molar-refractivity contribution >= 4 is 0 Å². The molecule has 0 amide bonds. The predicted molar refractivity (Wildman–Crippen MR) is 61.7 cm³/mol. The lowest BCUT2D eigenvalue weighted by atomic mass is 10.1. The minimum Gasteiger partial charge on any atom is -0.381 e. The summed E-state index contributed by atoms with van der Waals surface area (Å²) in [5.41, 5.74) is 0.650. The molecular formula is C13H15FN2O. The molecule has 90 valence electrons. The quantitative estimate of drug-likeness (QED) is 0.864. The number of hydrogen-bond donors (Lipinski definition) is 1. The summed E-state index contributed by atoms with van der Waals surface area (Å²) in [5.74, 6) is 0.113. The van der Waals surface area contributed by atoms with Gasteiger partial charge in [-0.3, -0.25) is 0 Å². The Bertz CT molecular complexity index is 422. The first-order valence-electron chi connectivity index (χ1n) is 5.77. The van der Waals surface area contributed by atoms with Crippen LogP contribution >= 0.6 is 0 Å². The second-order valence-electron chi connectivity index (χ2n) is 4.25. The van der Waals surface area contributed by atoms with E-state index in [1.54, 1.807) is 12.1 Å². The van der Waals surface area contributed by atoms with E-state index >= 15 is 0 Å². The van der Waals surface area contributed by atoms with E-state index in [2.05, 4.69) is 5.32 Å². The average Bonchev–Trinajstić information content (AvgIpc) is 2.84. The van der Waals surface area contributed by atoms with Crippen molar-refractivity contribution in [1.29, 1.82) is 5.26 Å². The van der Waals surface area contributed by atoms with Crippen LogP contribution in [-0.2, 0) is 11.3 Å². The van der Waals surface area contributed by atoms with E-state index in [9.17, 15) is 4.39 Å². The fourth-order valence-corrected chi connectivity index (χ4v) is 1.96. The van der Waals surface area contributed by atoms with Gasteiger partial charge in [0.05, 0.1) is 12.2 Å². The van der Waals surface area contributed by atoms with Gasteiger partial charge in [-0.15, -0.1) is 0 Å². The molecule has 1 saturated heterocycles. The van der Waals surface area contributed by atoms with Gasteiger partial charge in [0.25, 0.3) is 0 Å². The van der Waals surface area contributed by atoms with Gasteiger partial charge in [-0.1, -0.05) is 12.1 Å². The van der Waals surface area contributed by atoms with Crippen molar-refractivity contribution in [3.63, 3.8) is 0 Å². The third-order valence-corrected chi connectivity index (χ3v) is 2.97. The smallest absolute Gasteiger partial charge is 0.145 e. The second-order valence-corrected chi connectivity index (χ2v) is 4.25. The van der Waals surface area contributed by atoms with Gasteiger partial charge in [-0.2, -0.15) is 5.26 Å². The third kappa shape index (κ3) is 3.02. The van der Waals surface area contributed by atoms with Gasteiger partial charge in [0.2, 0.25) is 0 Å². The summed E-state index contributed by atoms with van der Waals surface area (Å²) in [6, 6.07) is 6.74. The van der Waals surface area contributed by atoms with Gasteiger partial charge < -0.3 is 10.1 Å². The summed E-state index contributed by atoms with van der Waals surface area (Å²) in [7, 11) is 0. The number of ether oxygens (including phenoxy) is 1. The summed E-state index contributed by atoms with van der Waals surface area (Å²) in [6.45, 7) is 2.90. The van der Waals surface area contributed by atoms with Crippen LogP contribution in [0.25, 0.3) is 0 Å². The number of nitrogens with zero attached hydrogens (tertiary/aromatic N) is 1. The molecule has 0 saturated carbocycles. The fraction of sp³-hybridized carbons (Fsp3) is 0.462. The van der Waals surface area contributed by atoms with Crippen LogP contribution in [0.3, 0.4) is 0 Å². The highest BCUT2D eigenvalue weighted by atomic mass is 19.1. The molecule has 1 fully saturated rings. The van der Waals surface area contributed by atoms with E-state index in [0.29, 0.717) is 18.0 Å². The van der Waals surface area contributed by atoms with Gasteiger partial charge in [0, 0.05) is 25.3 Å². The number of benzene rings is 1. The maximum Gasteiger partial charge on any atom is 0.145 e. The summed E-state index contributed by atoms with van der Waals surface area (Å²) >= 11 is 0. The first-order chi connectivity index (χ1) is 8.31. The lowest BCUT2D eigenvalue weighted by Gasteiger charge is -2.10. The normalized spacial score (nSPS) is 19.2. The predicted octanol–water partition coefficient (Wildman–Crippen LogP) is 1.82. The SMILES string of the molecule is N#Cc1cccc(CNCC2CCOC2)c1F. The Morgan fingerprint density at radius 2 is 2.41 bits per heavy atom. The molecule has 0 radical (unpaired) electrons. The van der Waals surface area contributed by atoms with Crippen LogP contribution in [0.5, 0.6) is 0 Å². The largest absolute Gasteiger partial charge is 0.381 e. The van der Waals surface area contributed by atoms with Crippen molar-refractivity contribution < 1.29 is 9.13 Å². The number of nitrogens with one attached hydrogen (secondary N) is 1. The molecule has 1 aromatic rings. The van der Waals surface area contributed by atoms with Crippen molar-refractivity contribution in [3.05, 3.63) is 35.1 Å². The van der Waals surface area contributed by atoms with Crippen molar-refractivity contribution in [2.45, 2.75) is 13.0 Å². The van der Waals surface area contributed by atoms with Crippen molar-refractivity contribution in [2.24, 2.45) is 5.92 Å². The Balaban J connectivity index is 1.88. The summed E-state index contributed by atoms with van der Waals surface area (Å²) in [6.07, 6.45) is 1.06. The summed E-state index contributed by atoms with van der Waals surface area (Å²) in [4.78, 5) is 0. The first kappa shape index (κ1) is 12.0. The monoisotopic (exact) mass is 234 g/mol. The molecule has 1 N–H and O–H groups in total. The zero-order valence-electron chi connectivity index (χ0n) is 9.58. The zero-order valence-corrected chi connectivity index (χ0v) is 9.58. The highest BCUT2D eigenvalue weighted by Gasteiger charge is 2.15. The molecule has 1 aromatic carbocycles. The first-order valence-corrected chi connectivity index (χ1v) is 5.77. The van der Waals surface area contributed by atoms with E-state index in [1.165, 1.54) is 6.07 Å². The van der Waals surface area contributed by atoms with Crippen molar-refractivity contribution in [3.8, 4) is 6.07 Å². The van der Waals surface area contributed by atoms with Gasteiger partial charge >= 0.3 is 0 Å². The van der Waals surface area contributed by atoms with Crippen molar-refractivity contribution in [1.82, 2.24) is 5.32 Å². The van der Waals surface area contributed by atoms with Gasteiger partial charge in [0.15, 0.2) is 0 Å². The maximum absolute atomic E-state index is 13.7. The maximum atomic E-state index is 13.7. The fourth-order valence-electron chi connectivity index (χ4n) is 1.96. The molecule has 0 aliphatic carbocycles. The minimum absolute atomic E-state index is 0.105. The molecule has 2 rings (SSSR count). The molecule has 1 atom stereocenters. The van der Waals surface area contributed by atoms with Crippen LogP contribution in [0, 0.1) is 23.1 Å². The van der Waals surface area contributed by atoms with E-state index in [0.717, 1.165) is 26.2 Å². The van der Waals surface area contributed by atoms with Crippen LogP contribution in [0.15, 0.2) is 18.2 Å². The zero-order chi connectivity index (χ0) is 12.1. The molecular weight excluding hydrogens is 219 g/mol. The van der Waals surface area contributed by atoms with E-state index in [4.69, 9.17) is 10.00 Å². The van der Waals surface area contributed by atoms with Crippen LogP contribution < -0.4 is 5.32 Å². The van der Waals surface area contributed by atoms with E-state index < -0.39 is 5.82 Å². The number of halogens is 1. The van der Waals surface area contributed by atoms with Crippen LogP contribution in [0.1, 0.15) is 17.5 Å². The Hall–Kier alpha value is -1.44. The molecule has 0 aromatic heterocycles. The van der Waals surface area contributed by atoms with Crippen LogP contribution in [-0.4, -0.2) is 19.8 Å². The van der Waals surface area contributed by atoms with Gasteiger partial charge in [0.1, 0.15) is 11.9 Å². The standard InChI is InChI=1S/C13H15FN2O/c14-13-11(6-15)2-1-3-12(13)8-16-7-10-4-5-17-9-10/h1-3,10,16H,4-5,7-9H2. The van der Waals surface area contributed by atoms with Gasteiger partial charge in [-0.05, 0) is 18.4 Å². The van der Waals surface area contributed by atoms with E-state index in [1.807, 2.05) is 6.07 Å². The van der Waals surface area contributed by atoms with E-state index in [-0.39, 0.29) is 5.56 Å². The second kappa shape index (κ2) is 5.76. The third-order valence-electron chi connectivity index (χ3n) is 2.97. The molecule has 1 aliphatic rings. The lowest BCUT2D eigenvalue weighted by molar-refractivity contribution is 0.185. The molecule has 3 nitrogen and oxygen atoms in total. The Kier molecular flexibility index (Phi) is 4.08. The molecule has 17 heavy (non-hydrogen) atoms. The minimum atomic E-state index is -0.412. The topological polar surface area (TPSA) is 45.0 Å². The van der Waals surface area contributed by atoms with Gasteiger partial charge in [-0.25, -0.2) is 4.39 Å². The number of rotatable bonds is 4. The molecule has 1 heterocycles. The molecule has 1 unspecified atom stereocenters. The molecule has 4 heteroatoms. The molecule has 0 bridgehead atoms. The molecule has 1 aliphatic heterocycles. The number of nitriles is 1. The number of hydrogen-bond acceptors (Lipinski definition) is 3. The highest BCUT2D eigenvalue weighted by molar-refractivity contribution is 5.34. The highest BCUT2D eigenvalue weighted by Crippen LogP contribution is 2.13. The average molecular weight is 234 g/mol. The van der Waals surface area contributed by atoms with Crippen LogP contribution in [0.4, 0.5) is 4.39 Å². The lowest BCUT2D eigenvalue weighted by Crippen LogP contribution is -2.23. The Labute approximate surface area is 100 Å². The molecule has 0 spiro atoms. The van der Waals surface area contributed by atoms with Crippen LogP contribution in [0.2, 0.25) is 0 Å². The summed E-state index contributed by atoms with van der Waals surface area (Å²) < 4.78 is 18.9. The summed E-state index contributed by atoms with van der Waals surface area (Å²) in [5, 5.41) is 11.9. The Morgan fingerprint density at radius 1 is 1.53 bits per heavy atom.